The summed E-state index contributed by atoms with van der Waals surface area (Å²) in [5, 5.41) is 5.09. The lowest BCUT2D eigenvalue weighted by molar-refractivity contribution is -0.153. The Bertz CT molecular complexity index is 422. The molecule has 0 unspecified atom stereocenters. The molecule has 7 heteroatoms. The maximum Gasteiger partial charge on any atom is 0.422 e. The predicted octanol–water partition coefficient (Wildman–Crippen LogP) is 3.16. The largest absolute Gasteiger partial charge is 0.484 e. The van der Waals surface area contributed by atoms with Crippen molar-refractivity contribution < 1.29 is 22.7 Å². The zero-order valence-corrected chi connectivity index (χ0v) is 10.4. The Morgan fingerprint density at radius 1 is 1.37 bits per heavy atom. The van der Waals surface area contributed by atoms with E-state index in [9.17, 15) is 18.0 Å². The van der Waals surface area contributed by atoms with Crippen LogP contribution in [0.2, 0.25) is 0 Å². The zero-order chi connectivity index (χ0) is 14.3. The Morgan fingerprint density at radius 3 is 2.74 bits per heavy atom. The molecule has 1 aromatic carbocycles. The number of benzene rings is 1. The second kappa shape index (κ2) is 6.86. The topological polar surface area (TPSA) is 50.4 Å². The van der Waals surface area contributed by atoms with Gasteiger partial charge in [0, 0.05) is 18.3 Å². The number of ether oxygens (including phenoxy) is 1. The van der Waals surface area contributed by atoms with Gasteiger partial charge >= 0.3 is 12.2 Å². The van der Waals surface area contributed by atoms with Crippen LogP contribution in [-0.2, 0) is 0 Å². The monoisotopic (exact) mass is 276 g/mol. The van der Waals surface area contributed by atoms with Gasteiger partial charge in [0.15, 0.2) is 6.61 Å². The molecule has 0 saturated heterocycles. The molecular weight excluding hydrogens is 261 g/mol. The average molecular weight is 276 g/mol. The summed E-state index contributed by atoms with van der Waals surface area (Å²) in [4.78, 5) is 11.4. The summed E-state index contributed by atoms with van der Waals surface area (Å²) in [6.45, 7) is 1.07. The Kier molecular flexibility index (Phi) is 5.47. The van der Waals surface area contributed by atoms with Gasteiger partial charge in [0.05, 0.1) is 0 Å². The highest BCUT2D eigenvalue weighted by Crippen LogP contribution is 2.21. The van der Waals surface area contributed by atoms with Crippen LogP contribution in [0.3, 0.4) is 0 Å². The molecule has 0 radical (unpaired) electrons. The predicted molar refractivity (Wildman–Crippen MR) is 65.3 cm³/mol. The minimum Gasteiger partial charge on any atom is -0.484 e. The second-order valence-corrected chi connectivity index (χ2v) is 3.81. The number of hydrogen-bond acceptors (Lipinski definition) is 2. The van der Waals surface area contributed by atoms with E-state index in [1.54, 1.807) is 6.07 Å². The third kappa shape index (κ3) is 6.54. The number of alkyl halides is 3. The van der Waals surface area contributed by atoms with Gasteiger partial charge in [-0.15, -0.1) is 0 Å². The van der Waals surface area contributed by atoms with Crippen LogP contribution in [0.25, 0.3) is 0 Å². The van der Waals surface area contributed by atoms with Crippen molar-refractivity contribution in [2.45, 2.75) is 19.5 Å². The maximum atomic E-state index is 12.0. The smallest absolute Gasteiger partial charge is 0.422 e. The number of anilines is 1. The van der Waals surface area contributed by atoms with E-state index in [4.69, 9.17) is 0 Å². The summed E-state index contributed by atoms with van der Waals surface area (Å²) < 4.78 is 40.5. The lowest BCUT2D eigenvalue weighted by atomic mass is 10.3. The summed E-state index contributed by atoms with van der Waals surface area (Å²) in [5.74, 6) is 0.0469. The van der Waals surface area contributed by atoms with E-state index < -0.39 is 18.8 Å². The molecule has 0 fully saturated rings. The molecular formula is C12H15F3N2O2. The molecule has 0 bridgehead atoms. The Balaban J connectivity index is 2.54. The van der Waals surface area contributed by atoms with Crippen LogP contribution >= 0.6 is 0 Å². The lowest BCUT2D eigenvalue weighted by Crippen LogP contribution is -2.29. The van der Waals surface area contributed by atoms with Gasteiger partial charge in [-0.05, 0) is 18.6 Å². The van der Waals surface area contributed by atoms with E-state index in [0.717, 1.165) is 6.42 Å². The number of rotatable bonds is 5. The van der Waals surface area contributed by atoms with Crippen molar-refractivity contribution >= 4 is 11.7 Å². The van der Waals surface area contributed by atoms with Crippen LogP contribution in [0.1, 0.15) is 13.3 Å². The highest BCUT2D eigenvalue weighted by Gasteiger charge is 2.28. The van der Waals surface area contributed by atoms with Crippen molar-refractivity contribution in [3.63, 3.8) is 0 Å². The number of nitrogens with one attached hydrogen (secondary N) is 2. The fourth-order valence-corrected chi connectivity index (χ4v) is 1.24. The fraction of sp³-hybridized carbons (Fsp3) is 0.417. The normalized spacial score (nSPS) is 10.9. The van der Waals surface area contributed by atoms with Crippen LogP contribution in [0, 0.1) is 0 Å². The molecule has 106 valence electrons. The van der Waals surface area contributed by atoms with E-state index >= 15 is 0 Å². The standard InChI is InChI=1S/C12H15F3N2O2/c1-2-6-16-11(18)17-9-4-3-5-10(7-9)19-8-12(13,14)15/h3-5,7H,2,6,8H2,1H3,(H2,16,17,18). The van der Waals surface area contributed by atoms with E-state index in [1.165, 1.54) is 18.2 Å². The molecule has 1 rings (SSSR count). The van der Waals surface area contributed by atoms with E-state index in [1.807, 2.05) is 6.92 Å². The summed E-state index contributed by atoms with van der Waals surface area (Å²) in [5.41, 5.74) is 0.369. The molecule has 0 saturated carbocycles. The first-order valence-corrected chi connectivity index (χ1v) is 5.75. The van der Waals surface area contributed by atoms with Gasteiger partial charge < -0.3 is 15.4 Å². The van der Waals surface area contributed by atoms with Gasteiger partial charge in [-0.1, -0.05) is 13.0 Å². The van der Waals surface area contributed by atoms with Gasteiger partial charge in [0.25, 0.3) is 0 Å². The van der Waals surface area contributed by atoms with Crippen LogP contribution in [0.4, 0.5) is 23.7 Å². The van der Waals surface area contributed by atoms with Crippen LogP contribution < -0.4 is 15.4 Å². The first-order chi connectivity index (χ1) is 8.90. The van der Waals surface area contributed by atoms with Crippen molar-refractivity contribution in [3.8, 4) is 5.75 Å². The number of urea groups is 1. The second-order valence-electron chi connectivity index (χ2n) is 3.81. The average Bonchev–Trinajstić information content (AvgIpc) is 2.33. The Morgan fingerprint density at radius 2 is 2.11 bits per heavy atom. The first kappa shape index (κ1) is 15.1. The van der Waals surface area contributed by atoms with Crippen LogP contribution in [0.5, 0.6) is 5.75 Å². The Labute approximate surface area is 108 Å². The van der Waals surface area contributed by atoms with Crippen molar-refractivity contribution in [2.24, 2.45) is 0 Å². The highest BCUT2D eigenvalue weighted by molar-refractivity contribution is 5.89. The Hall–Kier alpha value is -1.92. The SMILES string of the molecule is CCCNC(=O)Nc1cccc(OCC(F)(F)F)c1. The number of carbonyl (C=O) groups is 1. The van der Waals surface area contributed by atoms with Gasteiger partial charge in [0.1, 0.15) is 5.75 Å². The molecule has 0 aliphatic rings. The van der Waals surface area contributed by atoms with Gasteiger partial charge in [-0.3, -0.25) is 0 Å². The minimum atomic E-state index is -4.39. The molecule has 2 amide bonds. The molecule has 4 nitrogen and oxygen atoms in total. The summed E-state index contributed by atoms with van der Waals surface area (Å²) in [7, 11) is 0. The van der Waals surface area contributed by atoms with Crippen LogP contribution in [0.15, 0.2) is 24.3 Å². The van der Waals surface area contributed by atoms with Crippen molar-refractivity contribution in [1.29, 1.82) is 0 Å². The van der Waals surface area contributed by atoms with Crippen LogP contribution in [-0.4, -0.2) is 25.4 Å². The summed E-state index contributed by atoms with van der Waals surface area (Å²) in [6, 6.07) is 5.38. The molecule has 0 aromatic heterocycles. The van der Waals surface area contributed by atoms with Crippen molar-refractivity contribution in [3.05, 3.63) is 24.3 Å². The van der Waals surface area contributed by atoms with Crippen molar-refractivity contribution in [1.82, 2.24) is 5.32 Å². The number of carbonyl (C=O) groups excluding carboxylic acids is 1. The lowest BCUT2D eigenvalue weighted by Gasteiger charge is -2.11. The molecule has 0 aliphatic heterocycles. The first-order valence-electron chi connectivity index (χ1n) is 5.75. The van der Waals surface area contributed by atoms with Gasteiger partial charge in [-0.25, -0.2) is 4.79 Å². The summed E-state index contributed by atoms with van der Waals surface area (Å²) >= 11 is 0. The van der Waals surface area contributed by atoms with E-state index in [2.05, 4.69) is 15.4 Å². The number of halogens is 3. The molecule has 0 aliphatic carbocycles. The number of hydrogen-bond donors (Lipinski definition) is 2. The van der Waals surface area contributed by atoms with Gasteiger partial charge in [0.2, 0.25) is 0 Å². The third-order valence-electron chi connectivity index (χ3n) is 2.03. The summed E-state index contributed by atoms with van der Waals surface area (Å²) in [6.07, 6.45) is -3.59. The highest BCUT2D eigenvalue weighted by atomic mass is 19.4. The quantitative estimate of drug-likeness (QED) is 0.868. The zero-order valence-electron chi connectivity index (χ0n) is 10.4. The molecule has 0 spiro atoms. The molecule has 0 atom stereocenters. The molecule has 0 heterocycles. The van der Waals surface area contributed by atoms with E-state index in [0.29, 0.717) is 12.2 Å². The fourth-order valence-electron chi connectivity index (χ4n) is 1.24. The molecule has 2 N–H and O–H groups in total. The minimum absolute atomic E-state index is 0.0469. The van der Waals surface area contributed by atoms with Crippen molar-refractivity contribution in [2.75, 3.05) is 18.5 Å². The molecule has 1 aromatic rings. The van der Waals surface area contributed by atoms with E-state index in [-0.39, 0.29) is 5.75 Å². The maximum absolute atomic E-state index is 12.0. The third-order valence-corrected chi connectivity index (χ3v) is 2.03. The molecule has 19 heavy (non-hydrogen) atoms. The van der Waals surface area contributed by atoms with Gasteiger partial charge in [-0.2, -0.15) is 13.2 Å². The number of amides is 2.